The first-order valence-electron chi connectivity index (χ1n) is 18.3. The molecule has 3 N–H and O–H groups in total. The molecule has 0 heterocycles. The lowest BCUT2D eigenvalue weighted by molar-refractivity contribution is -0.0351. The van der Waals surface area contributed by atoms with E-state index < -0.39 is 18.9 Å². The molecule has 10 heteroatoms. The van der Waals surface area contributed by atoms with Crippen LogP contribution < -0.4 is 14.8 Å². The normalized spacial score (nSPS) is 13.3. The standard InChI is InChI=1S/C45H46NO8P/c47-28-9-27-45(55(49,50)29-26-35-16-21-40-14-7-8-15-41(40)30-35,54-34-39-19-24-43(25-20-39)52-32-37-12-5-2-6-13-37)46-44(48)53-33-38-17-22-42(23-18-38)51-31-36-10-3-1-4-11-36/h1-8,10-25,30,47H,9,26-29,31-34H2,(H,46,48)(H,49,50). The van der Waals surface area contributed by atoms with Crippen molar-refractivity contribution < 1.29 is 38.3 Å². The van der Waals surface area contributed by atoms with Crippen molar-refractivity contribution in [1.82, 2.24) is 5.32 Å². The number of aliphatic hydroxyl groups is 1. The number of nitrogens with one attached hydrogen (secondary N) is 1. The summed E-state index contributed by atoms with van der Waals surface area (Å²) >= 11 is 0. The van der Waals surface area contributed by atoms with Crippen LogP contribution in [0.5, 0.6) is 11.5 Å². The minimum absolute atomic E-state index is 0.0948. The van der Waals surface area contributed by atoms with E-state index in [1.807, 2.05) is 103 Å². The Labute approximate surface area is 321 Å². The summed E-state index contributed by atoms with van der Waals surface area (Å²) in [5.74, 6) is 1.32. The van der Waals surface area contributed by atoms with Crippen molar-refractivity contribution in [1.29, 1.82) is 0 Å². The number of hydrogen-bond donors (Lipinski definition) is 3. The van der Waals surface area contributed by atoms with Crippen molar-refractivity contribution in [3.63, 3.8) is 0 Å². The Morgan fingerprint density at radius 2 is 1.11 bits per heavy atom. The van der Waals surface area contributed by atoms with Crippen LogP contribution in [0.3, 0.4) is 0 Å². The van der Waals surface area contributed by atoms with Crippen molar-refractivity contribution >= 4 is 24.2 Å². The Balaban J connectivity index is 1.15. The smallest absolute Gasteiger partial charge is 0.410 e. The van der Waals surface area contributed by atoms with Crippen LogP contribution in [0.2, 0.25) is 0 Å². The number of hydrogen-bond acceptors (Lipinski definition) is 7. The number of ether oxygens (including phenoxy) is 4. The first-order valence-corrected chi connectivity index (χ1v) is 20.2. The molecule has 0 spiro atoms. The third kappa shape index (κ3) is 11.3. The molecule has 0 bridgehead atoms. The average molecular weight is 760 g/mol. The molecule has 0 aliphatic heterocycles. The molecule has 0 saturated carbocycles. The fraction of sp³-hybridized carbons (Fsp3) is 0.222. The van der Waals surface area contributed by atoms with Crippen LogP contribution in [0.1, 0.15) is 40.7 Å². The molecular formula is C45H46NO8P. The zero-order chi connectivity index (χ0) is 38.4. The molecule has 6 aromatic carbocycles. The Morgan fingerprint density at radius 1 is 0.600 bits per heavy atom. The monoisotopic (exact) mass is 759 g/mol. The highest BCUT2D eigenvalue weighted by atomic mass is 31.2. The average Bonchev–Trinajstić information content (AvgIpc) is 3.23. The van der Waals surface area contributed by atoms with E-state index in [-0.39, 0.29) is 45.2 Å². The first kappa shape index (κ1) is 39.3. The van der Waals surface area contributed by atoms with Gasteiger partial charge in [0.25, 0.3) is 7.37 Å². The van der Waals surface area contributed by atoms with E-state index in [0.29, 0.717) is 35.8 Å². The van der Waals surface area contributed by atoms with Gasteiger partial charge >= 0.3 is 6.09 Å². The van der Waals surface area contributed by atoms with Crippen LogP contribution in [0.15, 0.2) is 152 Å². The molecule has 1 amide bonds. The van der Waals surface area contributed by atoms with Crippen molar-refractivity contribution in [2.24, 2.45) is 0 Å². The lowest BCUT2D eigenvalue weighted by Crippen LogP contribution is -2.51. The summed E-state index contributed by atoms with van der Waals surface area (Å²) < 4.78 is 38.2. The van der Waals surface area contributed by atoms with Gasteiger partial charge < -0.3 is 28.9 Å². The quantitative estimate of drug-likeness (QED) is 0.0552. The molecule has 284 valence electrons. The third-order valence-corrected chi connectivity index (χ3v) is 11.7. The molecule has 0 fully saturated rings. The number of alkyl carbamates (subject to hydrolysis) is 1. The van der Waals surface area contributed by atoms with Crippen LogP contribution in [-0.4, -0.2) is 34.3 Å². The van der Waals surface area contributed by atoms with E-state index in [0.717, 1.165) is 27.5 Å². The maximum Gasteiger partial charge on any atom is 0.410 e. The van der Waals surface area contributed by atoms with Gasteiger partial charge in [-0.15, -0.1) is 0 Å². The third-order valence-electron chi connectivity index (χ3n) is 9.24. The van der Waals surface area contributed by atoms with Gasteiger partial charge in [0.15, 0.2) is 0 Å². The van der Waals surface area contributed by atoms with Gasteiger partial charge in [0.05, 0.1) is 6.61 Å². The van der Waals surface area contributed by atoms with Gasteiger partial charge in [0, 0.05) is 19.2 Å². The molecule has 0 radical (unpaired) electrons. The number of fused-ring (bicyclic) bond motifs is 1. The molecular weight excluding hydrogens is 713 g/mol. The summed E-state index contributed by atoms with van der Waals surface area (Å²) in [6.45, 7) is 0.347. The van der Waals surface area contributed by atoms with E-state index in [1.54, 1.807) is 48.5 Å². The number of aliphatic hydroxyl groups excluding tert-OH is 1. The summed E-state index contributed by atoms with van der Waals surface area (Å²) in [6, 6.07) is 47.8. The van der Waals surface area contributed by atoms with Crippen molar-refractivity contribution in [2.45, 2.75) is 51.2 Å². The summed E-state index contributed by atoms with van der Waals surface area (Å²) in [4.78, 5) is 25.4. The van der Waals surface area contributed by atoms with Gasteiger partial charge in [-0.1, -0.05) is 127 Å². The number of carbonyl (C=O) groups is 1. The van der Waals surface area contributed by atoms with Crippen LogP contribution in [0.25, 0.3) is 10.8 Å². The fourth-order valence-electron chi connectivity index (χ4n) is 6.10. The largest absolute Gasteiger partial charge is 0.489 e. The first-order chi connectivity index (χ1) is 26.8. The summed E-state index contributed by atoms with van der Waals surface area (Å²) in [6.07, 6.45) is -0.890. The van der Waals surface area contributed by atoms with E-state index in [4.69, 9.17) is 18.9 Å². The highest BCUT2D eigenvalue weighted by Crippen LogP contribution is 2.56. The molecule has 6 rings (SSSR count). The van der Waals surface area contributed by atoms with E-state index in [1.165, 1.54) is 0 Å². The van der Waals surface area contributed by atoms with Crippen LogP contribution in [0.4, 0.5) is 4.79 Å². The van der Waals surface area contributed by atoms with Gasteiger partial charge in [-0.25, -0.2) is 4.79 Å². The molecule has 2 atom stereocenters. The van der Waals surface area contributed by atoms with E-state index in [2.05, 4.69) is 5.32 Å². The molecule has 55 heavy (non-hydrogen) atoms. The summed E-state index contributed by atoms with van der Waals surface area (Å²) in [5.41, 5.74) is 2.28. The molecule has 0 saturated heterocycles. The van der Waals surface area contributed by atoms with Crippen LogP contribution in [-0.2, 0) is 46.9 Å². The number of benzene rings is 6. The Bertz CT molecular complexity index is 2150. The minimum Gasteiger partial charge on any atom is -0.489 e. The molecule has 6 aromatic rings. The highest BCUT2D eigenvalue weighted by molar-refractivity contribution is 7.59. The fourth-order valence-corrected chi connectivity index (χ4v) is 8.06. The van der Waals surface area contributed by atoms with E-state index in [9.17, 15) is 19.4 Å². The molecule has 0 aliphatic carbocycles. The lowest BCUT2D eigenvalue weighted by atomic mass is 10.1. The van der Waals surface area contributed by atoms with E-state index >= 15 is 0 Å². The Hall–Kier alpha value is -5.44. The Kier molecular flexibility index (Phi) is 13.7. The second kappa shape index (κ2) is 19.2. The summed E-state index contributed by atoms with van der Waals surface area (Å²) in [7, 11) is -4.36. The van der Waals surface area contributed by atoms with Gasteiger partial charge in [-0.3, -0.25) is 9.88 Å². The van der Waals surface area contributed by atoms with Crippen LogP contribution in [0, 0.1) is 0 Å². The second-order valence-corrected chi connectivity index (χ2v) is 15.9. The minimum atomic E-state index is -4.36. The van der Waals surface area contributed by atoms with Gasteiger partial charge in [0.2, 0.25) is 5.47 Å². The predicted molar refractivity (Wildman–Crippen MR) is 214 cm³/mol. The number of carbonyl (C=O) groups excluding carboxylic acids is 1. The van der Waals surface area contributed by atoms with Crippen molar-refractivity contribution in [3.8, 4) is 11.5 Å². The van der Waals surface area contributed by atoms with Crippen molar-refractivity contribution in [2.75, 3.05) is 12.8 Å². The topological polar surface area (TPSA) is 124 Å². The van der Waals surface area contributed by atoms with Crippen LogP contribution >= 0.6 is 7.37 Å². The van der Waals surface area contributed by atoms with Gasteiger partial charge in [0.1, 0.15) is 31.3 Å². The highest BCUT2D eigenvalue weighted by Gasteiger charge is 2.49. The maximum absolute atomic E-state index is 14.5. The number of rotatable bonds is 19. The Morgan fingerprint density at radius 3 is 1.69 bits per heavy atom. The zero-order valence-corrected chi connectivity index (χ0v) is 31.5. The van der Waals surface area contributed by atoms with Gasteiger partial charge in [-0.2, -0.15) is 0 Å². The second-order valence-electron chi connectivity index (χ2n) is 13.3. The molecule has 0 aromatic heterocycles. The molecule has 0 aliphatic rings. The SMILES string of the molecule is O=C(NC(CCCO)(OCc1ccc(OCc2ccccc2)cc1)P(=O)(O)CCc1ccc2ccccc2c1)OCc1ccc(OCc2ccccc2)cc1. The predicted octanol–water partition coefficient (Wildman–Crippen LogP) is 9.38. The summed E-state index contributed by atoms with van der Waals surface area (Å²) in [5, 5.41) is 14.6. The lowest BCUT2D eigenvalue weighted by Gasteiger charge is -2.38. The maximum atomic E-state index is 14.5. The van der Waals surface area contributed by atoms with Gasteiger partial charge in [-0.05, 0) is 75.7 Å². The molecule has 9 nitrogen and oxygen atoms in total. The molecule has 2 unspecified atom stereocenters. The van der Waals surface area contributed by atoms with Crippen molar-refractivity contribution in [3.05, 3.63) is 179 Å². The number of aryl methyl sites for hydroxylation is 1. The number of amides is 1. The zero-order valence-electron chi connectivity index (χ0n) is 30.6.